The fraction of sp³-hybridized carbons (Fsp3) is 0.467. The van der Waals surface area contributed by atoms with E-state index in [9.17, 15) is 19.2 Å². The molecule has 0 saturated heterocycles. The molecule has 0 fully saturated rings. The Morgan fingerprint density at radius 2 is 1.74 bits per heavy atom. The number of nitrogens with zero attached hydrogens (tertiary/aromatic N) is 1. The molecule has 0 aromatic carbocycles. The highest BCUT2D eigenvalue weighted by atomic mass is 32.1. The van der Waals surface area contributed by atoms with Crippen LogP contribution in [0.15, 0.2) is 17.5 Å². The Morgan fingerprint density at radius 3 is 2.35 bits per heavy atom. The van der Waals surface area contributed by atoms with Crippen LogP contribution in [0.3, 0.4) is 0 Å². The SMILES string of the molecule is CN(C)C(=O)CNC(=O)CCNC(=O)CCC(=O)c1cccs1. The van der Waals surface area contributed by atoms with Crippen LogP contribution >= 0.6 is 11.3 Å². The molecule has 0 bridgehead atoms. The zero-order chi connectivity index (χ0) is 17.2. The lowest BCUT2D eigenvalue weighted by atomic mass is 10.2. The lowest BCUT2D eigenvalue weighted by molar-refractivity contribution is -0.131. The molecule has 2 N–H and O–H groups in total. The summed E-state index contributed by atoms with van der Waals surface area (Å²) in [5, 5.41) is 6.87. The molecule has 1 aromatic rings. The van der Waals surface area contributed by atoms with Crippen molar-refractivity contribution in [2.75, 3.05) is 27.2 Å². The van der Waals surface area contributed by atoms with Crippen LogP contribution in [0.1, 0.15) is 28.9 Å². The van der Waals surface area contributed by atoms with Gasteiger partial charge < -0.3 is 15.5 Å². The second kappa shape index (κ2) is 9.73. The van der Waals surface area contributed by atoms with Crippen LogP contribution < -0.4 is 10.6 Å². The van der Waals surface area contributed by atoms with E-state index in [0.29, 0.717) is 4.88 Å². The van der Waals surface area contributed by atoms with Gasteiger partial charge in [0.2, 0.25) is 17.7 Å². The van der Waals surface area contributed by atoms with Gasteiger partial charge in [0, 0.05) is 39.9 Å². The first-order valence-electron chi connectivity index (χ1n) is 7.20. The molecule has 1 aromatic heterocycles. The Hall–Kier alpha value is -2.22. The molecule has 0 radical (unpaired) electrons. The van der Waals surface area contributed by atoms with E-state index in [4.69, 9.17) is 0 Å². The number of hydrogen-bond acceptors (Lipinski definition) is 5. The normalized spacial score (nSPS) is 10.0. The Balaban J connectivity index is 2.13. The number of amides is 3. The predicted octanol–water partition coefficient (Wildman–Crippen LogP) is 0.422. The highest BCUT2D eigenvalue weighted by Gasteiger charge is 2.11. The van der Waals surface area contributed by atoms with Crippen molar-refractivity contribution in [1.29, 1.82) is 0 Å². The molecule has 0 saturated carbocycles. The van der Waals surface area contributed by atoms with Crippen molar-refractivity contribution in [2.45, 2.75) is 19.3 Å². The minimum Gasteiger partial charge on any atom is -0.356 e. The fourth-order valence-corrected chi connectivity index (χ4v) is 2.31. The number of Topliss-reactive ketones (excluding diaryl/α,β-unsaturated/α-hetero) is 1. The zero-order valence-electron chi connectivity index (χ0n) is 13.3. The van der Waals surface area contributed by atoms with Gasteiger partial charge in [0.25, 0.3) is 0 Å². The topological polar surface area (TPSA) is 95.6 Å². The third kappa shape index (κ3) is 7.55. The molecule has 1 rings (SSSR count). The summed E-state index contributed by atoms with van der Waals surface area (Å²) in [6.45, 7) is 0.114. The number of thiophene rings is 1. The first-order valence-corrected chi connectivity index (χ1v) is 8.08. The Kier molecular flexibility index (Phi) is 7.96. The van der Waals surface area contributed by atoms with Gasteiger partial charge in [-0.2, -0.15) is 0 Å². The maximum Gasteiger partial charge on any atom is 0.241 e. The average Bonchev–Trinajstić information content (AvgIpc) is 3.04. The standard InChI is InChI=1S/C15H21N3O4S/c1-18(2)15(22)10-17-14(21)7-8-16-13(20)6-5-11(19)12-4-3-9-23-12/h3-4,9H,5-8,10H2,1-2H3,(H,16,20)(H,17,21). The molecule has 0 aliphatic rings. The molecule has 3 amide bonds. The van der Waals surface area contributed by atoms with Gasteiger partial charge in [0.15, 0.2) is 5.78 Å². The van der Waals surface area contributed by atoms with E-state index in [1.807, 2.05) is 5.38 Å². The maximum atomic E-state index is 11.7. The van der Waals surface area contributed by atoms with Gasteiger partial charge in [-0.1, -0.05) is 6.07 Å². The number of carbonyl (C=O) groups excluding carboxylic acids is 4. The van der Waals surface area contributed by atoms with Crippen LogP contribution in [-0.2, 0) is 14.4 Å². The molecular weight excluding hydrogens is 318 g/mol. The smallest absolute Gasteiger partial charge is 0.241 e. The van der Waals surface area contributed by atoms with Crippen LogP contribution in [0.25, 0.3) is 0 Å². The summed E-state index contributed by atoms with van der Waals surface area (Å²) in [6, 6.07) is 3.52. The van der Waals surface area contributed by atoms with Crippen molar-refractivity contribution in [3.8, 4) is 0 Å². The first-order chi connectivity index (χ1) is 10.9. The van der Waals surface area contributed by atoms with Gasteiger partial charge in [-0.25, -0.2) is 0 Å². The lowest BCUT2D eigenvalue weighted by Crippen LogP contribution is -2.37. The van der Waals surface area contributed by atoms with Gasteiger partial charge >= 0.3 is 0 Å². The van der Waals surface area contributed by atoms with E-state index >= 15 is 0 Å². The van der Waals surface area contributed by atoms with Gasteiger partial charge in [0.1, 0.15) is 0 Å². The van der Waals surface area contributed by atoms with E-state index in [0.717, 1.165) is 0 Å². The van der Waals surface area contributed by atoms with Crippen LogP contribution in [0.4, 0.5) is 0 Å². The molecule has 0 unspecified atom stereocenters. The van der Waals surface area contributed by atoms with Gasteiger partial charge in [-0.3, -0.25) is 19.2 Å². The van der Waals surface area contributed by atoms with E-state index in [1.165, 1.54) is 16.2 Å². The number of nitrogens with one attached hydrogen (secondary N) is 2. The van der Waals surface area contributed by atoms with Crippen molar-refractivity contribution < 1.29 is 19.2 Å². The highest BCUT2D eigenvalue weighted by molar-refractivity contribution is 7.12. The summed E-state index contributed by atoms with van der Waals surface area (Å²) in [6.07, 6.45) is 0.332. The van der Waals surface area contributed by atoms with Gasteiger partial charge in [-0.05, 0) is 11.4 Å². The molecule has 23 heavy (non-hydrogen) atoms. The van der Waals surface area contributed by atoms with E-state index < -0.39 is 0 Å². The molecule has 7 nitrogen and oxygen atoms in total. The lowest BCUT2D eigenvalue weighted by Gasteiger charge is -2.11. The molecule has 0 aliphatic carbocycles. The van der Waals surface area contributed by atoms with Crippen LogP contribution in [-0.4, -0.2) is 55.6 Å². The fourth-order valence-electron chi connectivity index (χ4n) is 1.61. The molecule has 0 aliphatic heterocycles. The minimum absolute atomic E-state index is 0.0601. The van der Waals surface area contributed by atoms with Gasteiger partial charge in [-0.15, -0.1) is 11.3 Å². The molecule has 1 heterocycles. The van der Waals surface area contributed by atoms with E-state index in [-0.39, 0.29) is 55.9 Å². The van der Waals surface area contributed by atoms with Crippen molar-refractivity contribution >= 4 is 34.8 Å². The number of ketones is 1. The molecule has 0 atom stereocenters. The average molecular weight is 339 g/mol. The summed E-state index contributed by atoms with van der Waals surface area (Å²) < 4.78 is 0. The van der Waals surface area contributed by atoms with Crippen molar-refractivity contribution in [1.82, 2.24) is 15.5 Å². The van der Waals surface area contributed by atoms with Crippen LogP contribution in [0.2, 0.25) is 0 Å². The number of likely N-dealkylation sites (N-methyl/N-ethyl adjacent to an activating group) is 1. The summed E-state index contributed by atoms with van der Waals surface area (Å²) in [5.74, 6) is -0.841. The second-order valence-corrected chi connectivity index (χ2v) is 6.01. The largest absolute Gasteiger partial charge is 0.356 e. The Labute approximate surface area is 139 Å². The second-order valence-electron chi connectivity index (χ2n) is 5.07. The molecular formula is C15H21N3O4S. The third-order valence-electron chi connectivity index (χ3n) is 2.98. The van der Waals surface area contributed by atoms with E-state index in [1.54, 1.807) is 26.2 Å². The zero-order valence-corrected chi connectivity index (χ0v) is 14.1. The van der Waals surface area contributed by atoms with Crippen molar-refractivity contribution in [2.24, 2.45) is 0 Å². The quantitative estimate of drug-likeness (QED) is 0.638. The minimum atomic E-state index is -0.310. The predicted molar refractivity (Wildman–Crippen MR) is 87.2 cm³/mol. The maximum absolute atomic E-state index is 11.7. The molecule has 8 heteroatoms. The summed E-state index contributed by atoms with van der Waals surface area (Å²) in [5.41, 5.74) is 0. The molecule has 0 spiro atoms. The summed E-state index contributed by atoms with van der Waals surface area (Å²) in [7, 11) is 3.21. The number of carbonyl (C=O) groups is 4. The van der Waals surface area contributed by atoms with Gasteiger partial charge in [0.05, 0.1) is 11.4 Å². The van der Waals surface area contributed by atoms with Crippen molar-refractivity contribution in [3.05, 3.63) is 22.4 Å². The van der Waals surface area contributed by atoms with Crippen LogP contribution in [0.5, 0.6) is 0 Å². The highest BCUT2D eigenvalue weighted by Crippen LogP contribution is 2.12. The number of rotatable bonds is 9. The summed E-state index contributed by atoms with van der Waals surface area (Å²) >= 11 is 1.35. The van der Waals surface area contributed by atoms with E-state index in [2.05, 4.69) is 10.6 Å². The van der Waals surface area contributed by atoms with Crippen LogP contribution in [0, 0.1) is 0 Å². The Morgan fingerprint density at radius 1 is 1.04 bits per heavy atom. The number of hydrogen-bond donors (Lipinski definition) is 2. The third-order valence-corrected chi connectivity index (χ3v) is 3.90. The molecule has 126 valence electrons. The van der Waals surface area contributed by atoms with Crippen molar-refractivity contribution in [3.63, 3.8) is 0 Å². The monoisotopic (exact) mass is 339 g/mol. The Bertz CT molecular complexity index is 555. The summed E-state index contributed by atoms with van der Waals surface area (Å²) in [4.78, 5) is 48.1. The first kappa shape index (κ1) is 18.8.